The molecule has 0 rings (SSSR count). The number of rotatable bonds is 13. The highest BCUT2D eigenvalue weighted by Crippen LogP contribution is 2.09. The fourth-order valence-electron chi connectivity index (χ4n) is 1.91. The van der Waals surface area contributed by atoms with E-state index in [1.165, 1.54) is 0 Å². The summed E-state index contributed by atoms with van der Waals surface area (Å²) in [5.74, 6) is -0.729. The number of aliphatic hydroxyl groups is 2. The Morgan fingerprint density at radius 1 is 0.864 bits per heavy atom. The Morgan fingerprint density at radius 3 is 2.00 bits per heavy atom. The standard InChI is InChI=1S/C18H30O4/c1-2-16(19)12-8-6-7-10-14-17(20)13-9-4-3-5-11-15-18(21)22/h6-8,10,12,14,16-17,19-20H,2-5,9,11,13,15H2,1H3,(H,21,22)/b7-6-,12-8+,14-10+/t16?,17-/m1/s1. The lowest BCUT2D eigenvalue weighted by molar-refractivity contribution is -0.137. The first-order valence-electron chi connectivity index (χ1n) is 8.15. The van der Waals surface area contributed by atoms with Gasteiger partial charge in [0.15, 0.2) is 0 Å². The molecule has 0 bridgehead atoms. The van der Waals surface area contributed by atoms with Crippen molar-refractivity contribution >= 4 is 5.97 Å². The van der Waals surface area contributed by atoms with Gasteiger partial charge in [-0.05, 0) is 19.3 Å². The fraction of sp³-hybridized carbons (Fsp3) is 0.611. The van der Waals surface area contributed by atoms with E-state index in [2.05, 4.69) is 0 Å². The minimum Gasteiger partial charge on any atom is -0.481 e. The van der Waals surface area contributed by atoms with Crippen LogP contribution in [0.5, 0.6) is 0 Å². The molecule has 0 saturated heterocycles. The fourth-order valence-corrected chi connectivity index (χ4v) is 1.91. The summed E-state index contributed by atoms with van der Waals surface area (Å²) in [6.07, 6.45) is 16.3. The Balaban J connectivity index is 3.58. The molecule has 4 heteroatoms. The van der Waals surface area contributed by atoms with Crippen LogP contribution in [0.3, 0.4) is 0 Å². The normalized spacial score (nSPS) is 15.0. The maximum absolute atomic E-state index is 10.3. The molecule has 1 unspecified atom stereocenters. The summed E-state index contributed by atoms with van der Waals surface area (Å²) in [6, 6.07) is 0. The number of aliphatic carboxylic acids is 1. The van der Waals surface area contributed by atoms with E-state index in [1.54, 1.807) is 24.3 Å². The molecule has 22 heavy (non-hydrogen) atoms. The molecule has 2 atom stereocenters. The van der Waals surface area contributed by atoms with Crippen molar-refractivity contribution in [2.24, 2.45) is 0 Å². The molecule has 3 N–H and O–H groups in total. The monoisotopic (exact) mass is 310 g/mol. The third kappa shape index (κ3) is 15.0. The van der Waals surface area contributed by atoms with Crippen LogP contribution >= 0.6 is 0 Å². The van der Waals surface area contributed by atoms with E-state index >= 15 is 0 Å². The number of allylic oxidation sites excluding steroid dienone is 4. The maximum Gasteiger partial charge on any atom is 0.303 e. The van der Waals surface area contributed by atoms with Gasteiger partial charge in [-0.25, -0.2) is 0 Å². The van der Waals surface area contributed by atoms with Crippen molar-refractivity contribution in [3.63, 3.8) is 0 Å². The average molecular weight is 310 g/mol. The SMILES string of the molecule is CCC(O)/C=C/C=C\C=C\[C@H](O)CCCCCCCC(=O)O. The van der Waals surface area contributed by atoms with E-state index in [1.807, 2.05) is 19.1 Å². The second-order valence-electron chi connectivity index (χ2n) is 5.40. The topological polar surface area (TPSA) is 77.8 Å². The van der Waals surface area contributed by atoms with Gasteiger partial charge in [0.2, 0.25) is 0 Å². The van der Waals surface area contributed by atoms with E-state index in [-0.39, 0.29) is 6.42 Å². The predicted octanol–water partition coefficient (Wildman–Crippen LogP) is 3.60. The first-order valence-corrected chi connectivity index (χ1v) is 8.15. The van der Waals surface area contributed by atoms with Gasteiger partial charge in [-0.3, -0.25) is 4.79 Å². The number of hydrogen-bond acceptors (Lipinski definition) is 3. The van der Waals surface area contributed by atoms with Crippen molar-refractivity contribution in [2.45, 2.75) is 70.5 Å². The second kappa shape index (κ2) is 14.5. The first kappa shape index (κ1) is 20.6. The van der Waals surface area contributed by atoms with Crippen molar-refractivity contribution in [1.29, 1.82) is 0 Å². The Morgan fingerprint density at radius 2 is 1.41 bits per heavy atom. The molecule has 0 aliphatic carbocycles. The summed E-state index contributed by atoms with van der Waals surface area (Å²) in [6.45, 7) is 1.92. The molecule has 0 aliphatic rings. The van der Waals surface area contributed by atoms with Crippen LogP contribution in [-0.2, 0) is 4.79 Å². The van der Waals surface area contributed by atoms with E-state index in [4.69, 9.17) is 5.11 Å². The summed E-state index contributed by atoms with van der Waals surface area (Å²) in [7, 11) is 0. The molecule has 0 saturated carbocycles. The van der Waals surface area contributed by atoms with Crippen LogP contribution in [0.25, 0.3) is 0 Å². The van der Waals surface area contributed by atoms with Crippen LogP contribution in [0, 0.1) is 0 Å². The van der Waals surface area contributed by atoms with Gasteiger partial charge in [-0.1, -0.05) is 69.1 Å². The van der Waals surface area contributed by atoms with Crippen molar-refractivity contribution in [1.82, 2.24) is 0 Å². The molecule has 4 nitrogen and oxygen atoms in total. The van der Waals surface area contributed by atoms with Crippen molar-refractivity contribution in [2.75, 3.05) is 0 Å². The second-order valence-corrected chi connectivity index (χ2v) is 5.40. The Hall–Kier alpha value is -1.39. The molecule has 0 aromatic rings. The Bertz CT molecular complexity index is 358. The number of carboxylic acids is 1. The van der Waals surface area contributed by atoms with Crippen LogP contribution in [0.4, 0.5) is 0 Å². The number of hydrogen-bond donors (Lipinski definition) is 3. The molecule has 0 aliphatic heterocycles. The summed E-state index contributed by atoms with van der Waals surface area (Å²) < 4.78 is 0. The molecule has 0 amide bonds. The van der Waals surface area contributed by atoms with Gasteiger partial charge in [0, 0.05) is 6.42 Å². The molecule has 0 aromatic heterocycles. The maximum atomic E-state index is 10.3. The van der Waals surface area contributed by atoms with Crippen LogP contribution < -0.4 is 0 Å². The van der Waals surface area contributed by atoms with Gasteiger partial charge in [-0.15, -0.1) is 0 Å². The number of carbonyl (C=O) groups is 1. The van der Waals surface area contributed by atoms with Crippen molar-refractivity contribution in [3.05, 3.63) is 36.5 Å². The smallest absolute Gasteiger partial charge is 0.303 e. The highest BCUT2D eigenvalue weighted by Gasteiger charge is 1.99. The quantitative estimate of drug-likeness (QED) is 0.359. The summed E-state index contributed by atoms with van der Waals surface area (Å²) in [4.78, 5) is 10.3. The van der Waals surface area contributed by atoms with Gasteiger partial charge >= 0.3 is 5.97 Å². The van der Waals surface area contributed by atoms with Gasteiger partial charge in [0.05, 0.1) is 12.2 Å². The number of aliphatic hydroxyl groups excluding tert-OH is 2. The van der Waals surface area contributed by atoms with E-state index in [9.17, 15) is 15.0 Å². The van der Waals surface area contributed by atoms with Crippen LogP contribution in [0.15, 0.2) is 36.5 Å². The van der Waals surface area contributed by atoms with Gasteiger partial charge < -0.3 is 15.3 Å². The molecule has 0 radical (unpaired) electrons. The predicted molar refractivity (Wildman–Crippen MR) is 89.7 cm³/mol. The molecular weight excluding hydrogens is 280 g/mol. The molecule has 0 spiro atoms. The minimum absolute atomic E-state index is 0.251. The third-order valence-electron chi connectivity index (χ3n) is 3.31. The third-order valence-corrected chi connectivity index (χ3v) is 3.31. The summed E-state index contributed by atoms with van der Waals surface area (Å²) in [5.41, 5.74) is 0. The lowest BCUT2D eigenvalue weighted by atomic mass is 10.1. The highest BCUT2D eigenvalue weighted by molar-refractivity contribution is 5.66. The number of unbranched alkanes of at least 4 members (excludes halogenated alkanes) is 4. The van der Waals surface area contributed by atoms with Crippen molar-refractivity contribution in [3.8, 4) is 0 Å². The molecular formula is C18H30O4. The van der Waals surface area contributed by atoms with Gasteiger partial charge in [-0.2, -0.15) is 0 Å². The van der Waals surface area contributed by atoms with Crippen LogP contribution in [-0.4, -0.2) is 33.5 Å². The van der Waals surface area contributed by atoms with E-state index < -0.39 is 18.2 Å². The number of carboxylic acid groups (broad SMARTS) is 1. The molecule has 0 heterocycles. The van der Waals surface area contributed by atoms with Crippen LogP contribution in [0.2, 0.25) is 0 Å². The summed E-state index contributed by atoms with van der Waals surface area (Å²) >= 11 is 0. The van der Waals surface area contributed by atoms with Gasteiger partial charge in [0.25, 0.3) is 0 Å². The largest absolute Gasteiger partial charge is 0.481 e. The highest BCUT2D eigenvalue weighted by atomic mass is 16.4. The molecule has 0 aromatic carbocycles. The lowest BCUT2D eigenvalue weighted by Crippen LogP contribution is -2.01. The zero-order chi connectivity index (χ0) is 16.6. The summed E-state index contributed by atoms with van der Waals surface area (Å²) in [5, 5.41) is 27.5. The lowest BCUT2D eigenvalue weighted by Gasteiger charge is -2.04. The minimum atomic E-state index is -0.729. The zero-order valence-corrected chi connectivity index (χ0v) is 13.5. The Labute approximate surface area is 133 Å². The Kier molecular flexibility index (Phi) is 13.6. The van der Waals surface area contributed by atoms with Gasteiger partial charge in [0.1, 0.15) is 0 Å². The van der Waals surface area contributed by atoms with Crippen molar-refractivity contribution < 1.29 is 20.1 Å². The molecule has 0 fully saturated rings. The van der Waals surface area contributed by atoms with Crippen LogP contribution in [0.1, 0.15) is 58.3 Å². The first-order chi connectivity index (χ1) is 10.6. The van der Waals surface area contributed by atoms with E-state index in [0.29, 0.717) is 6.42 Å². The average Bonchev–Trinajstić information content (AvgIpc) is 2.49. The van der Waals surface area contributed by atoms with E-state index in [0.717, 1.165) is 38.5 Å². The zero-order valence-electron chi connectivity index (χ0n) is 13.5. The molecule has 126 valence electrons.